The lowest BCUT2D eigenvalue weighted by Gasteiger charge is -2.17. The maximum Gasteiger partial charge on any atom is 0.343 e. The smallest absolute Gasteiger partial charge is 0.343 e. The zero-order chi connectivity index (χ0) is 22.5. The van der Waals surface area contributed by atoms with E-state index in [2.05, 4.69) is 64.6 Å². The quantitative estimate of drug-likeness (QED) is 0.492. The summed E-state index contributed by atoms with van der Waals surface area (Å²) in [6.45, 7) is 4.15. The normalized spacial score (nSPS) is 18.3. The van der Waals surface area contributed by atoms with Crippen LogP contribution in [0.3, 0.4) is 0 Å². The van der Waals surface area contributed by atoms with E-state index in [1.54, 1.807) is 4.57 Å². The van der Waals surface area contributed by atoms with E-state index in [1.807, 2.05) is 11.1 Å². The zero-order valence-electron chi connectivity index (χ0n) is 18.7. The molecule has 0 radical (unpaired) electrons. The molecule has 3 heterocycles. The first kappa shape index (κ1) is 20.0. The number of rotatable bonds is 5. The van der Waals surface area contributed by atoms with Gasteiger partial charge in [-0.05, 0) is 72.4 Å². The molecule has 6 rings (SSSR count). The average molecular weight is 442 g/mol. The molecule has 1 saturated carbocycles. The van der Waals surface area contributed by atoms with Gasteiger partial charge in [0.05, 0.1) is 0 Å². The highest BCUT2D eigenvalue weighted by Crippen LogP contribution is 2.33. The van der Waals surface area contributed by atoms with Gasteiger partial charge in [-0.25, -0.2) is 9.89 Å². The number of aromatic nitrogens is 4. The van der Waals surface area contributed by atoms with E-state index < -0.39 is 0 Å². The van der Waals surface area contributed by atoms with Crippen molar-refractivity contribution in [2.24, 2.45) is 11.8 Å². The number of hydrogen-bond donors (Lipinski definition) is 2. The molecule has 1 unspecified atom stereocenters. The van der Waals surface area contributed by atoms with E-state index >= 15 is 0 Å². The molecule has 2 aromatic heterocycles. The van der Waals surface area contributed by atoms with Gasteiger partial charge in [-0.1, -0.05) is 24.3 Å². The van der Waals surface area contributed by atoms with Crippen LogP contribution in [0.2, 0.25) is 0 Å². The highest BCUT2D eigenvalue weighted by atomic mass is 16.2. The summed E-state index contributed by atoms with van der Waals surface area (Å²) in [5.74, 6) is 1.48. The van der Waals surface area contributed by atoms with Crippen LogP contribution in [-0.2, 0) is 11.3 Å². The molecule has 1 saturated heterocycles. The molecule has 33 heavy (non-hydrogen) atoms. The standard InChI is InChI=1S/C26H27N5O2/c1-16-12-19(20-5-7-23-21(13-20)8-10-27-23)4-6-22(16)24-28-29-26(33)31(24)15-17-9-11-30(14-17)25(32)18-2-3-18/h4-8,10,12-13,17-18,27H,2-3,9,11,14-15H2,1H3,(H,29,33). The van der Waals surface area contributed by atoms with Crippen LogP contribution >= 0.6 is 0 Å². The number of carbonyl (C=O) groups excluding carboxylic acids is 1. The van der Waals surface area contributed by atoms with E-state index in [0.29, 0.717) is 18.3 Å². The first-order chi connectivity index (χ1) is 16.1. The Morgan fingerprint density at radius 1 is 1.09 bits per heavy atom. The Balaban J connectivity index is 1.25. The Labute approximate surface area is 191 Å². The molecule has 1 atom stereocenters. The molecular formula is C26H27N5O2. The van der Waals surface area contributed by atoms with Gasteiger partial charge >= 0.3 is 5.69 Å². The van der Waals surface area contributed by atoms with Crippen molar-refractivity contribution in [3.05, 3.63) is 64.7 Å². The van der Waals surface area contributed by atoms with E-state index in [4.69, 9.17) is 0 Å². The molecule has 2 fully saturated rings. The summed E-state index contributed by atoms with van der Waals surface area (Å²) in [6.07, 6.45) is 4.93. The van der Waals surface area contributed by atoms with Crippen molar-refractivity contribution in [3.63, 3.8) is 0 Å². The predicted octanol–water partition coefficient (Wildman–Crippen LogP) is 3.95. The number of aromatic amines is 2. The molecule has 1 aliphatic carbocycles. The molecule has 168 valence electrons. The maximum atomic E-state index is 12.6. The number of carbonyl (C=O) groups is 1. The average Bonchev–Trinajstić information content (AvgIpc) is 3.21. The Bertz CT molecular complexity index is 1410. The minimum atomic E-state index is -0.196. The van der Waals surface area contributed by atoms with E-state index in [9.17, 15) is 9.59 Å². The topological polar surface area (TPSA) is 86.8 Å². The molecule has 7 nitrogen and oxygen atoms in total. The monoisotopic (exact) mass is 441 g/mol. The van der Waals surface area contributed by atoms with E-state index in [0.717, 1.165) is 60.1 Å². The molecule has 2 aliphatic rings. The summed E-state index contributed by atoms with van der Waals surface area (Å²) in [6, 6.07) is 14.8. The largest absolute Gasteiger partial charge is 0.361 e. The second-order valence-electron chi connectivity index (χ2n) is 9.49. The number of likely N-dealkylation sites (tertiary alicyclic amines) is 1. The van der Waals surface area contributed by atoms with Crippen molar-refractivity contribution in [1.82, 2.24) is 24.6 Å². The van der Waals surface area contributed by atoms with Gasteiger partial charge in [-0.3, -0.25) is 9.36 Å². The predicted molar refractivity (Wildman–Crippen MR) is 128 cm³/mol. The summed E-state index contributed by atoms with van der Waals surface area (Å²) < 4.78 is 1.74. The van der Waals surface area contributed by atoms with Gasteiger partial charge in [0.1, 0.15) is 0 Å². The third kappa shape index (κ3) is 3.67. The van der Waals surface area contributed by atoms with E-state index in [-0.39, 0.29) is 17.5 Å². The van der Waals surface area contributed by atoms with Crippen LogP contribution in [0, 0.1) is 18.8 Å². The second-order valence-corrected chi connectivity index (χ2v) is 9.49. The molecule has 7 heteroatoms. The van der Waals surface area contributed by atoms with Gasteiger partial charge in [0.25, 0.3) is 0 Å². The molecule has 0 spiro atoms. The van der Waals surface area contributed by atoms with Crippen LogP contribution in [0.4, 0.5) is 0 Å². The number of benzene rings is 2. The Kier molecular flexibility index (Phi) is 4.71. The molecule has 2 N–H and O–H groups in total. The van der Waals surface area contributed by atoms with Gasteiger partial charge in [-0.15, -0.1) is 0 Å². The summed E-state index contributed by atoms with van der Waals surface area (Å²) in [7, 11) is 0. The third-order valence-corrected chi connectivity index (χ3v) is 7.08. The minimum absolute atomic E-state index is 0.196. The fraction of sp³-hybridized carbons (Fsp3) is 0.346. The van der Waals surface area contributed by atoms with Crippen LogP contribution in [0.25, 0.3) is 33.4 Å². The van der Waals surface area contributed by atoms with Crippen molar-refractivity contribution >= 4 is 16.8 Å². The lowest BCUT2D eigenvalue weighted by molar-refractivity contribution is -0.131. The van der Waals surface area contributed by atoms with Gasteiger partial charge in [0, 0.05) is 42.8 Å². The van der Waals surface area contributed by atoms with Gasteiger partial charge in [0.2, 0.25) is 5.91 Å². The number of aryl methyl sites for hydroxylation is 1. The molecule has 0 bridgehead atoms. The van der Waals surface area contributed by atoms with E-state index in [1.165, 1.54) is 5.39 Å². The van der Waals surface area contributed by atoms with Crippen molar-refractivity contribution < 1.29 is 4.79 Å². The Morgan fingerprint density at radius 3 is 2.73 bits per heavy atom. The number of H-pyrrole nitrogens is 2. The third-order valence-electron chi connectivity index (χ3n) is 7.08. The summed E-state index contributed by atoms with van der Waals surface area (Å²) in [5, 5.41) is 8.18. The summed E-state index contributed by atoms with van der Waals surface area (Å²) in [4.78, 5) is 30.2. The van der Waals surface area contributed by atoms with Crippen LogP contribution in [0.15, 0.2) is 53.5 Å². The fourth-order valence-electron chi connectivity index (χ4n) is 5.05. The molecule has 2 aromatic carbocycles. The van der Waals surface area contributed by atoms with Gasteiger partial charge < -0.3 is 9.88 Å². The summed E-state index contributed by atoms with van der Waals surface area (Å²) in [5.41, 5.74) is 5.23. The van der Waals surface area contributed by atoms with Crippen LogP contribution in [0.1, 0.15) is 24.8 Å². The number of hydrogen-bond acceptors (Lipinski definition) is 3. The highest BCUT2D eigenvalue weighted by Gasteiger charge is 2.36. The van der Waals surface area contributed by atoms with Gasteiger partial charge in [-0.2, -0.15) is 5.10 Å². The molecule has 4 aromatic rings. The Morgan fingerprint density at radius 2 is 1.91 bits per heavy atom. The van der Waals surface area contributed by atoms with Crippen molar-refractivity contribution in [1.29, 1.82) is 0 Å². The molecular weight excluding hydrogens is 414 g/mol. The first-order valence-corrected chi connectivity index (χ1v) is 11.7. The molecule has 1 aliphatic heterocycles. The Hall–Kier alpha value is -3.61. The number of nitrogens with one attached hydrogen (secondary N) is 2. The van der Waals surface area contributed by atoms with Gasteiger partial charge in [0.15, 0.2) is 5.82 Å². The first-order valence-electron chi connectivity index (χ1n) is 11.7. The number of nitrogens with zero attached hydrogens (tertiary/aromatic N) is 3. The lowest BCUT2D eigenvalue weighted by Crippen LogP contribution is -2.31. The minimum Gasteiger partial charge on any atom is -0.361 e. The number of amides is 1. The highest BCUT2D eigenvalue weighted by molar-refractivity contribution is 5.85. The number of fused-ring (bicyclic) bond motifs is 1. The van der Waals surface area contributed by atoms with Crippen LogP contribution < -0.4 is 5.69 Å². The lowest BCUT2D eigenvalue weighted by atomic mass is 9.98. The van der Waals surface area contributed by atoms with Crippen molar-refractivity contribution in [2.45, 2.75) is 32.7 Å². The molecule has 1 amide bonds. The maximum absolute atomic E-state index is 12.6. The second kappa shape index (κ2) is 7.76. The summed E-state index contributed by atoms with van der Waals surface area (Å²) >= 11 is 0. The SMILES string of the molecule is Cc1cc(-c2ccc3[nH]ccc3c2)ccc1-c1n[nH]c(=O)n1CC1CCN(C(=O)C2CC2)C1. The fourth-order valence-corrected chi connectivity index (χ4v) is 5.05. The zero-order valence-corrected chi connectivity index (χ0v) is 18.7. The van der Waals surface area contributed by atoms with Crippen molar-refractivity contribution in [3.8, 4) is 22.5 Å². The van der Waals surface area contributed by atoms with Crippen LogP contribution in [0.5, 0.6) is 0 Å². The van der Waals surface area contributed by atoms with Crippen LogP contribution in [-0.4, -0.2) is 43.6 Å². The van der Waals surface area contributed by atoms with Crippen molar-refractivity contribution in [2.75, 3.05) is 13.1 Å².